The van der Waals surface area contributed by atoms with Gasteiger partial charge in [0.15, 0.2) is 5.78 Å². The van der Waals surface area contributed by atoms with Crippen LogP contribution < -0.4 is 5.73 Å². The van der Waals surface area contributed by atoms with E-state index >= 15 is 0 Å². The number of Topliss-reactive ketones (excluding diaryl/α,β-unsaturated/α-hetero) is 1. The zero-order chi connectivity index (χ0) is 10.0. The lowest BCUT2D eigenvalue weighted by atomic mass is 10.1. The number of rotatable bonds is 1. The number of anilines is 1. The number of carbonyl (C=O) groups is 1. The van der Waals surface area contributed by atoms with Crippen molar-refractivity contribution in [3.05, 3.63) is 27.7 Å². The second-order valence-corrected chi connectivity index (χ2v) is 3.41. The van der Waals surface area contributed by atoms with Crippen LogP contribution in [0.15, 0.2) is 16.6 Å². The van der Waals surface area contributed by atoms with Crippen molar-refractivity contribution in [3.63, 3.8) is 0 Å². The molecule has 1 aromatic rings. The molecule has 0 aromatic heterocycles. The van der Waals surface area contributed by atoms with E-state index in [2.05, 4.69) is 15.9 Å². The van der Waals surface area contributed by atoms with Crippen LogP contribution in [0.2, 0.25) is 0 Å². The molecule has 0 aliphatic heterocycles. The molecule has 0 amide bonds. The highest BCUT2D eigenvalue weighted by molar-refractivity contribution is 9.10. The van der Waals surface area contributed by atoms with Gasteiger partial charge in [0.2, 0.25) is 0 Å². The van der Waals surface area contributed by atoms with Gasteiger partial charge in [-0.25, -0.2) is 0 Å². The van der Waals surface area contributed by atoms with E-state index < -0.39 is 0 Å². The van der Waals surface area contributed by atoms with Gasteiger partial charge in [-0.05, 0) is 35.0 Å². The molecule has 0 aliphatic rings. The second-order valence-electron chi connectivity index (χ2n) is 2.55. The summed E-state index contributed by atoms with van der Waals surface area (Å²) in [5, 5.41) is 8.73. The third-order valence-corrected chi connectivity index (χ3v) is 2.35. The van der Waals surface area contributed by atoms with Crippen LogP contribution in [0.3, 0.4) is 0 Å². The molecule has 66 valence electrons. The molecule has 0 spiro atoms. The molecule has 1 rings (SSSR count). The fraction of sp³-hybridized carbons (Fsp3) is 0.111. The van der Waals surface area contributed by atoms with E-state index in [1.165, 1.54) is 6.92 Å². The van der Waals surface area contributed by atoms with Crippen molar-refractivity contribution >= 4 is 27.4 Å². The molecule has 0 aliphatic carbocycles. The molecule has 0 unspecified atom stereocenters. The maximum Gasteiger partial charge on any atom is 0.161 e. The molecule has 0 bridgehead atoms. The van der Waals surface area contributed by atoms with Gasteiger partial charge in [-0.1, -0.05) is 0 Å². The first kappa shape index (κ1) is 9.75. The smallest absolute Gasteiger partial charge is 0.161 e. The van der Waals surface area contributed by atoms with Crippen LogP contribution in [0.5, 0.6) is 0 Å². The van der Waals surface area contributed by atoms with E-state index in [1.54, 1.807) is 12.1 Å². The Hall–Kier alpha value is -1.34. The van der Waals surface area contributed by atoms with Crippen molar-refractivity contribution in [3.8, 4) is 6.07 Å². The minimum Gasteiger partial charge on any atom is -0.397 e. The SMILES string of the molecule is CC(=O)c1ccc(Br)c(C#N)c1N. The largest absolute Gasteiger partial charge is 0.397 e. The van der Waals surface area contributed by atoms with Gasteiger partial charge in [-0.2, -0.15) is 5.26 Å². The van der Waals surface area contributed by atoms with Crippen LogP contribution in [-0.4, -0.2) is 5.78 Å². The highest BCUT2D eigenvalue weighted by Crippen LogP contribution is 2.25. The lowest BCUT2D eigenvalue weighted by Gasteiger charge is -2.04. The number of nitriles is 1. The average molecular weight is 239 g/mol. The van der Waals surface area contributed by atoms with Crippen LogP contribution in [0.4, 0.5) is 5.69 Å². The first-order chi connectivity index (χ1) is 6.07. The summed E-state index contributed by atoms with van der Waals surface area (Å²) in [5.74, 6) is -0.137. The van der Waals surface area contributed by atoms with Gasteiger partial charge in [0.25, 0.3) is 0 Å². The number of nitrogen functional groups attached to an aromatic ring is 1. The monoisotopic (exact) mass is 238 g/mol. The molecular formula is C9H7BrN2O. The predicted octanol–water partition coefficient (Wildman–Crippen LogP) is 2.11. The number of hydrogen-bond acceptors (Lipinski definition) is 3. The minimum absolute atomic E-state index is 0.137. The van der Waals surface area contributed by atoms with Gasteiger partial charge in [-0.15, -0.1) is 0 Å². The lowest BCUT2D eigenvalue weighted by Crippen LogP contribution is -2.02. The van der Waals surface area contributed by atoms with Crippen LogP contribution in [0.25, 0.3) is 0 Å². The molecule has 0 fully saturated rings. The summed E-state index contributed by atoms with van der Waals surface area (Å²) in [6.45, 7) is 1.42. The van der Waals surface area contributed by atoms with Gasteiger partial charge < -0.3 is 5.73 Å². The maximum atomic E-state index is 11.0. The summed E-state index contributed by atoms with van der Waals surface area (Å²) in [7, 11) is 0. The van der Waals surface area contributed by atoms with Gasteiger partial charge in [0, 0.05) is 10.0 Å². The lowest BCUT2D eigenvalue weighted by molar-refractivity contribution is 0.101. The summed E-state index contributed by atoms with van der Waals surface area (Å²) in [6.07, 6.45) is 0. The molecule has 2 N–H and O–H groups in total. The number of benzene rings is 1. The van der Waals surface area contributed by atoms with Crippen molar-refractivity contribution in [2.75, 3.05) is 5.73 Å². The Morgan fingerprint density at radius 2 is 2.23 bits per heavy atom. The van der Waals surface area contributed by atoms with Crippen molar-refractivity contribution in [2.24, 2.45) is 0 Å². The highest BCUT2D eigenvalue weighted by Gasteiger charge is 2.11. The fourth-order valence-corrected chi connectivity index (χ4v) is 1.45. The first-order valence-corrected chi connectivity index (χ1v) is 4.36. The standard InChI is InChI=1S/C9H7BrN2O/c1-5(13)6-2-3-8(10)7(4-11)9(6)12/h2-3H,12H2,1H3. The molecule has 3 nitrogen and oxygen atoms in total. The Morgan fingerprint density at radius 3 is 2.69 bits per heavy atom. The molecule has 13 heavy (non-hydrogen) atoms. The van der Waals surface area contributed by atoms with Gasteiger partial charge in [0.05, 0.1) is 11.3 Å². The van der Waals surface area contributed by atoms with E-state index in [9.17, 15) is 4.79 Å². The zero-order valence-electron chi connectivity index (χ0n) is 6.97. The van der Waals surface area contributed by atoms with Crippen molar-refractivity contribution in [2.45, 2.75) is 6.92 Å². The van der Waals surface area contributed by atoms with Gasteiger partial charge in [0.1, 0.15) is 6.07 Å². The summed E-state index contributed by atoms with van der Waals surface area (Å²) < 4.78 is 0.609. The fourth-order valence-electron chi connectivity index (χ4n) is 1.01. The quantitative estimate of drug-likeness (QED) is 0.602. The summed E-state index contributed by atoms with van der Waals surface area (Å²) in [6, 6.07) is 5.18. The van der Waals surface area contributed by atoms with E-state index in [0.29, 0.717) is 15.6 Å². The Morgan fingerprint density at radius 1 is 1.62 bits per heavy atom. The van der Waals surface area contributed by atoms with E-state index in [4.69, 9.17) is 11.0 Å². The average Bonchev–Trinajstić information content (AvgIpc) is 2.04. The zero-order valence-corrected chi connectivity index (χ0v) is 8.55. The Bertz CT molecular complexity index is 407. The van der Waals surface area contributed by atoms with Crippen LogP contribution in [0.1, 0.15) is 22.8 Å². The molecular weight excluding hydrogens is 232 g/mol. The Balaban J connectivity index is 3.47. The predicted molar refractivity (Wildman–Crippen MR) is 53.3 cm³/mol. The normalized spacial score (nSPS) is 9.31. The molecule has 0 heterocycles. The van der Waals surface area contributed by atoms with E-state index in [0.717, 1.165) is 0 Å². The molecule has 0 saturated carbocycles. The number of nitrogens with two attached hydrogens (primary N) is 1. The third kappa shape index (κ3) is 1.70. The molecule has 0 saturated heterocycles. The number of ketones is 1. The number of carbonyl (C=O) groups excluding carboxylic acids is 1. The topological polar surface area (TPSA) is 66.9 Å². The van der Waals surface area contributed by atoms with E-state index in [-0.39, 0.29) is 11.5 Å². The first-order valence-electron chi connectivity index (χ1n) is 3.57. The van der Waals surface area contributed by atoms with Crippen molar-refractivity contribution < 1.29 is 4.79 Å². The highest BCUT2D eigenvalue weighted by atomic mass is 79.9. The molecule has 4 heteroatoms. The van der Waals surface area contributed by atoms with Gasteiger partial charge >= 0.3 is 0 Å². The summed E-state index contributed by atoms with van der Waals surface area (Å²) in [5.41, 5.74) is 6.56. The minimum atomic E-state index is -0.137. The van der Waals surface area contributed by atoms with Gasteiger partial charge in [-0.3, -0.25) is 4.79 Å². The summed E-state index contributed by atoms with van der Waals surface area (Å²) in [4.78, 5) is 11.0. The van der Waals surface area contributed by atoms with Crippen LogP contribution in [0, 0.1) is 11.3 Å². The Kier molecular flexibility index (Phi) is 2.69. The van der Waals surface area contributed by atoms with Crippen LogP contribution >= 0.6 is 15.9 Å². The van der Waals surface area contributed by atoms with Crippen LogP contribution in [-0.2, 0) is 0 Å². The number of hydrogen-bond donors (Lipinski definition) is 1. The third-order valence-electron chi connectivity index (χ3n) is 1.69. The number of nitrogens with zero attached hydrogens (tertiary/aromatic N) is 1. The molecule has 0 atom stereocenters. The summed E-state index contributed by atoms with van der Waals surface area (Å²) >= 11 is 3.18. The number of halogens is 1. The van der Waals surface area contributed by atoms with E-state index in [1.807, 2.05) is 6.07 Å². The Labute approximate surface area is 84.3 Å². The maximum absolute atomic E-state index is 11.0. The second kappa shape index (κ2) is 3.58. The van der Waals surface area contributed by atoms with Crippen molar-refractivity contribution in [1.82, 2.24) is 0 Å². The molecule has 0 radical (unpaired) electrons. The van der Waals surface area contributed by atoms with Crippen molar-refractivity contribution in [1.29, 1.82) is 5.26 Å². The molecule has 1 aromatic carbocycles.